The standard InChI is InChI=1S/C13H19NO/c1-2-3-4-5-6-11-7-9-12(10-8-11)13(14)15/h7-10H,2-6H2,1H3,(H2,14,15). The Morgan fingerprint density at radius 1 is 1.13 bits per heavy atom. The zero-order valence-corrected chi connectivity index (χ0v) is 9.33. The second-order valence-electron chi connectivity index (χ2n) is 3.87. The van der Waals surface area contributed by atoms with Crippen LogP contribution in [0.2, 0.25) is 0 Å². The molecule has 0 aliphatic heterocycles. The first-order valence-electron chi connectivity index (χ1n) is 5.62. The number of nitrogens with two attached hydrogens (primary N) is 1. The van der Waals surface area contributed by atoms with Crippen LogP contribution in [0.25, 0.3) is 0 Å². The Hall–Kier alpha value is -1.31. The Balaban J connectivity index is 2.39. The van der Waals surface area contributed by atoms with Crippen LogP contribution >= 0.6 is 0 Å². The number of aryl methyl sites for hydroxylation is 1. The summed E-state index contributed by atoms with van der Waals surface area (Å²) in [6.07, 6.45) is 6.18. The van der Waals surface area contributed by atoms with Crippen LogP contribution in [-0.2, 0) is 6.42 Å². The minimum Gasteiger partial charge on any atom is -0.366 e. The highest BCUT2D eigenvalue weighted by Crippen LogP contribution is 2.09. The summed E-state index contributed by atoms with van der Waals surface area (Å²) in [5.41, 5.74) is 7.04. The molecule has 0 aliphatic rings. The van der Waals surface area contributed by atoms with E-state index in [-0.39, 0.29) is 5.91 Å². The van der Waals surface area contributed by atoms with Crippen molar-refractivity contribution in [3.05, 3.63) is 35.4 Å². The molecule has 0 spiro atoms. The molecule has 1 rings (SSSR count). The molecule has 0 heterocycles. The number of carbonyl (C=O) groups is 1. The van der Waals surface area contributed by atoms with E-state index in [1.807, 2.05) is 12.1 Å². The largest absolute Gasteiger partial charge is 0.366 e. The highest BCUT2D eigenvalue weighted by Gasteiger charge is 1.99. The molecule has 1 amide bonds. The summed E-state index contributed by atoms with van der Waals surface area (Å²) in [7, 11) is 0. The minimum atomic E-state index is -0.354. The van der Waals surface area contributed by atoms with E-state index in [1.54, 1.807) is 12.1 Å². The van der Waals surface area contributed by atoms with E-state index in [4.69, 9.17) is 5.73 Å². The Morgan fingerprint density at radius 2 is 1.80 bits per heavy atom. The van der Waals surface area contributed by atoms with Crippen LogP contribution in [0.3, 0.4) is 0 Å². The molecular formula is C13H19NO. The molecule has 0 saturated heterocycles. The summed E-state index contributed by atoms with van der Waals surface area (Å²) in [4.78, 5) is 10.8. The molecule has 2 N–H and O–H groups in total. The van der Waals surface area contributed by atoms with Crippen molar-refractivity contribution in [1.29, 1.82) is 0 Å². The second kappa shape index (κ2) is 6.23. The van der Waals surface area contributed by atoms with Crippen LogP contribution in [0.5, 0.6) is 0 Å². The van der Waals surface area contributed by atoms with Gasteiger partial charge < -0.3 is 5.73 Å². The van der Waals surface area contributed by atoms with Crippen LogP contribution < -0.4 is 5.73 Å². The van der Waals surface area contributed by atoms with Crippen molar-refractivity contribution in [2.75, 3.05) is 0 Å². The number of primary amides is 1. The van der Waals surface area contributed by atoms with E-state index < -0.39 is 0 Å². The normalized spacial score (nSPS) is 10.2. The third-order valence-electron chi connectivity index (χ3n) is 2.56. The van der Waals surface area contributed by atoms with Gasteiger partial charge in [0.2, 0.25) is 5.91 Å². The lowest BCUT2D eigenvalue weighted by molar-refractivity contribution is 0.100. The van der Waals surface area contributed by atoms with Gasteiger partial charge in [-0.25, -0.2) is 0 Å². The van der Waals surface area contributed by atoms with E-state index in [9.17, 15) is 4.79 Å². The molecule has 1 aromatic carbocycles. The quantitative estimate of drug-likeness (QED) is 0.713. The summed E-state index contributed by atoms with van der Waals surface area (Å²) in [5, 5.41) is 0. The third-order valence-corrected chi connectivity index (χ3v) is 2.56. The monoisotopic (exact) mass is 205 g/mol. The number of unbranched alkanes of at least 4 members (excludes halogenated alkanes) is 3. The van der Waals surface area contributed by atoms with Crippen LogP contribution in [0.1, 0.15) is 48.5 Å². The van der Waals surface area contributed by atoms with Gasteiger partial charge >= 0.3 is 0 Å². The van der Waals surface area contributed by atoms with Gasteiger partial charge in [-0.05, 0) is 30.5 Å². The highest BCUT2D eigenvalue weighted by atomic mass is 16.1. The predicted molar refractivity (Wildman–Crippen MR) is 62.8 cm³/mol. The van der Waals surface area contributed by atoms with Gasteiger partial charge in [-0.3, -0.25) is 4.79 Å². The topological polar surface area (TPSA) is 43.1 Å². The summed E-state index contributed by atoms with van der Waals surface area (Å²) in [6, 6.07) is 7.59. The summed E-state index contributed by atoms with van der Waals surface area (Å²) in [6.45, 7) is 2.21. The van der Waals surface area contributed by atoms with Gasteiger partial charge in [0, 0.05) is 5.56 Å². The number of amides is 1. The SMILES string of the molecule is CCCCCCc1ccc(C(N)=O)cc1. The predicted octanol–water partition coefficient (Wildman–Crippen LogP) is 2.91. The van der Waals surface area contributed by atoms with Crippen molar-refractivity contribution >= 4 is 5.91 Å². The Morgan fingerprint density at radius 3 is 2.33 bits per heavy atom. The van der Waals surface area contributed by atoms with Gasteiger partial charge in [0.15, 0.2) is 0 Å². The molecule has 0 unspecified atom stereocenters. The highest BCUT2D eigenvalue weighted by molar-refractivity contribution is 5.92. The molecule has 0 atom stereocenters. The lowest BCUT2D eigenvalue weighted by Crippen LogP contribution is -2.10. The zero-order chi connectivity index (χ0) is 11.1. The maximum absolute atomic E-state index is 10.8. The van der Waals surface area contributed by atoms with Crippen molar-refractivity contribution in [2.24, 2.45) is 5.73 Å². The lowest BCUT2D eigenvalue weighted by atomic mass is 10.0. The molecule has 2 nitrogen and oxygen atoms in total. The summed E-state index contributed by atoms with van der Waals surface area (Å²) < 4.78 is 0. The molecule has 82 valence electrons. The van der Waals surface area contributed by atoms with Crippen molar-refractivity contribution in [2.45, 2.75) is 39.0 Å². The number of hydrogen-bond donors (Lipinski definition) is 1. The van der Waals surface area contributed by atoms with Crippen molar-refractivity contribution < 1.29 is 4.79 Å². The maximum atomic E-state index is 10.8. The van der Waals surface area contributed by atoms with Crippen LogP contribution in [0.15, 0.2) is 24.3 Å². The molecule has 15 heavy (non-hydrogen) atoms. The van der Waals surface area contributed by atoms with E-state index in [0.717, 1.165) is 6.42 Å². The average Bonchev–Trinajstić information content (AvgIpc) is 2.25. The molecular weight excluding hydrogens is 186 g/mol. The van der Waals surface area contributed by atoms with Crippen LogP contribution in [-0.4, -0.2) is 5.91 Å². The van der Waals surface area contributed by atoms with Gasteiger partial charge in [-0.2, -0.15) is 0 Å². The van der Waals surface area contributed by atoms with Gasteiger partial charge in [0.05, 0.1) is 0 Å². The first-order chi connectivity index (χ1) is 7.24. The molecule has 0 radical (unpaired) electrons. The van der Waals surface area contributed by atoms with Gasteiger partial charge in [0.1, 0.15) is 0 Å². The number of benzene rings is 1. The van der Waals surface area contributed by atoms with Crippen molar-refractivity contribution in [1.82, 2.24) is 0 Å². The van der Waals surface area contributed by atoms with Crippen molar-refractivity contribution in [3.8, 4) is 0 Å². The molecule has 2 heteroatoms. The molecule has 1 aromatic rings. The van der Waals surface area contributed by atoms with E-state index >= 15 is 0 Å². The fourth-order valence-electron chi connectivity index (χ4n) is 1.59. The Kier molecular flexibility index (Phi) is 4.88. The van der Waals surface area contributed by atoms with Gasteiger partial charge in [-0.1, -0.05) is 38.3 Å². The van der Waals surface area contributed by atoms with Crippen molar-refractivity contribution in [3.63, 3.8) is 0 Å². The Bertz CT molecular complexity index is 303. The van der Waals surface area contributed by atoms with E-state index in [1.165, 1.54) is 31.2 Å². The minimum absolute atomic E-state index is 0.354. The molecule has 0 fully saturated rings. The van der Waals surface area contributed by atoms with Gasteiger partial charge in [0.25, 0.3) is 0 Å². The average molecular weight is 205 g/mol. The number of carbonyl (C=O) groups excluding carboxylic acids is 1. The molecule has 0 saturated carbocycles. The molecule has 0 bridgehead atoms. The molecule has 0 aliphatic carbocycles. The van der Waals surface area contributed by atoms with Gasteiger partial charge in [-0.15, -0.1) is 0 Å². The lowest BCUT2D eigenvalue weighted by Gasteiger charge is -2.02. The smallest absolute Gasteiger partial charge is 0.248 e. The fourth-order valence-corrected chi connectivity index (χ4v) is 1.59. The number of rotatable bonds is 6. The summed E-state index contributed by atoms with van der Waals surface area (Å²) in [5.74, 6) is -0.354. The fraction of sp³-hybridized carbons (Fsp3) is 0.462. The first kappa shape index (κ1) is 11.8. The molecule has 0 aromatic heterocycles. The zero-order valence-electron chi connectivity index (χ0n) is 9.33. The number of hydrogen-bond acceptors (Lipinski definition) is 1. The van der Waals surface area contributed by atoms with Crippen LogP contribution in [0, 0.1) is 0 Å². The first-order valence-corrected chi connectivity index (χ1v) is 5.62. The maximum Gasteiger partial charge on any atom is 0.248 e. The van der Waals surface area contributed by atoms with E-state index in [2.05, 4.69) is 6.92 Å². The summed E-state index contributed by atoms with van der Waals surface area (Å²) >= 11 is 0. The third kappa shape index (κ3) is 4.15. The van der Waals surface area contributed by atoms with E-state index in [0.29, 0.717) is 5.56 Å². The van der Waals surface area contributed by atoms with Crippen LogP contribution in [0.4, 0.5) is 0 Å². The Labute approximate surface area is 91.5 Å². The second-order valence-corrected chi connectivity index (χ2v) is 3.87.